The summed E-state index contributed by atoms with van der Waals surface area (Å²) in [4.78, 5) is 33.6. The number of phenolic OH excluding ortho intramolecular Hbond substituents is 1. The second-order valence-electron chi connectivity index (χ2n) is 15.5. The lowest BCUT2D eigenvalue weighted by Crippen LogP contribution is -2.69. The van der Waals surface area contributed by atoms with Gasteiger partial charge < -0.3 is 54.7 Å². The average Bonchev–Trinajstić information content (AvgIpc) is 3.98. The van der Waals surface area contributed by atoms with Crippen LogP contribution in [0, 0.1) is 5.92 Å². The molecule has 2 fully saturated rings. The van der Waals surface area contributed by atoms with Gasteiger partial charge in [0.25, 0.3) is 5.91 Å². The number of nitrogens with zero attached hydrogens (tertiary/aromatic N) is 2. The fraction of sp³-hybridized carbons (Fsp3) is 0.409. The van der Waals surface area contributed by atoms with E-state index in [1.54, 1.807) is 24.4 Å². The Morgan fingerprint density at radius 2 is 1.90 bits per heavy atom. The first-order chi connectivity index (χ1) is 28.0. The number of hydrogen-bond donors (Lipinski definition) is 6. The molecule has 58 heavy (non-hydrogen) atoms. The van der Waals surface area contributed by atoms with E-state index in [0.29, 0.717) is 28.8 Å². The summed E-state index contributed by atoms with van der Waals surface area (Å²) in [7, 11) is 3.31. The lowest BCUT2D eigenvalue weighted by Gasteiger charge is -2.47. The standard InChI is InChI=1S/C44H47N3O11/c1-45-17-24-11-12-33-31(13-24)28(18-46-33)21-56-22-36-39(50)41(52)44(54,23-48)43(58-36)57-35-16-29(55-2)14-27-15-32(25-7-3-4-8-25)38(40(51)37(27)35)34(49)20-47-19-26-9-5-6-10-30(26)42(47)53/h5-6,9-16,18,25,36,39,41,43,45,48,50,52,54H,3-4,7-8,17,19-23H2,1-2H3/p+1/t36-,39-,41+,43+,44-/m1/s1. The van der Waals surface area contributed by atoms with Crippen molar-refractivity contribution in [3.05, 3.63) is 100.0 Å². The minimum Gasteiger partial charge on any atom is -0.506 e. The average molecular weight is 795 g/mol. The zero-order chi connectivity index (χ0) is 40.7. The maximum absolute atomic E-state index is 14.3. The number of benzene rings is 4. The number of aliphatic imine (C=N–C) groups is 1. The summed E-state index contributed by atoms with van der Waals surface area (Å²) in [6.07, 6.45) is -1.44. The number of nitrogens with one attached hydrogen (secondary N) is 1. The quantitative estimate of drug-likeness (QED) is 0.0801. The van der Waals surface area contributed by atoms with Gasteiger partial charge in [0.2, 0.25) is 6.29 Å². The molecule has 0 radical (unpaired) electrons. The number of carbonyl (C=O) groups excluding carboxylic acids is 2. The number of phenols is 1. The first kappa shape index (κ1) is 39.8. The Morgan fingerprint density at radius 1 is 1.10 bits per heavy atom. The highest BCUT2D eigenvalue weighted by atomic mass is 16.7. The molecule has 4 aromatic carbocycles. The minimum atomic E-state index is -2.54. The highest BCUT2D eigenvalue weighted by Gasteiger charge is 2.56. The van der Waals surface area contributed by atoms with E-state index in [1.807, 2.05) is 43.4 Å². The molecular formula is C44H48N3O11+. The van der Waals surface area contributed by atoms with Gasteiger partial charge >= 0.3 is 0 Å². The maximum Gasteiger partial charge on any atom is 0.254 e. The Hall–Kier alpha value is -5.06. The lowest BCUT2D eigenvalue weighted by molar-refractivity contribution is -0.328. The number of fused-ring (bicyclic) bond motifs is 3. The highest BCUT2D eigenvalue weighted by molar-refractivity contribution is 6.11. The Balaban J connectivity index is 1.09. The van der Waals surface area contributed by atoms with Crippen LogP contribution in [-0.4, -0.2) is 119 Å². The van der Waals surface area contributed by atoms with E-state index in [4.69, 9.17) is 18.9 Å². The largest absolute Gasteiger partial charge is 0.506 e. The van der Waals surface area contributed by atoms with Crippen LogP contribution >= 0.6 is 0 Å². The zero-order valence-electron chi connectivity index (χ0n) is 32.4. The number of ether oxygens (including phenoxy) is 4. The Kier molecular flexibility index (Phi) is 11.2. The Bertz CT molecular complexity index is 2240. The van der Waals surface area contributed by atoms with Gasteiger partial charge in [-0.05, 0) is 66.6 Å². The van der Waals surface area contributed by atoms with E-state index in [9.17, 15) is 35.1 Å². The van der Waals surface area contributed by atoms with Crippen LogP contribution in [0.5, 0.6) is 17.2 Å². The molecule has 0 unspecified atom stereocenters. The van der Waals surface area contributed by atoms with E-state index in [-0.39, 0.29) is 60.6 Å². The molecule has 1 saturated heterocycles. The van der Waals surface area contributed by atoms with Crippen LogP contribution in [0.4, 0.5) is 5.69 Å². The predicted molar refractivity (Wildman–Crippen MR) is 213 cm³/mol. The zero-order valence-corrected chi connectivity index (χ0v) is 32.4. The van der Waals surface area contributed by atoms with Crippen molar-refractivity contribution in [3.63, 3.8) is 0 Å². The van der Waals surface area contributed by atoms with Crippen LogP contribution in [0.15, 0.2) is 65.7 Å². The van der Waals surface area contributed by atoms with Gasteiger partial charge in [-0.3, -0.25) is 9.59 Å². The predicted octanol–water partition coefficient (Wildman–Crippen LogP) is 3.67. The molecule has 14 heteroatoms. The number of rotatable bonds is 14. The van der Waals surface area contributed by atoms with Crippen LogP contribution in [0.1, 0.15) is 74.6 Å². The SMILES string of the molecule is CNCc1ccc2c(c1)[C+](COC[C@H]1O[C@H](Oc3cc(OC)cc4cc(C5CCCC5)c(C(=O)CN5Cc6ccccc6C5=O)c(O)c34)[C@@](O)(CO)[C@@H](O)[C@@H]1O)C=N2. The lowest BCUT2D eigenvalue weighted by atomic mass is 9.86. The molecule has 14 nitrogen and oxygen atoms in total. The van der Waals surface area contributed by atoms with Crippen molar-refractivity contribution >= 4 is 34.4 Å². The van der Waals surface area contributed by atoms with Crippen molar-refractivity contribution in [1.29, 1.82) is 0 Å². The van der Waals surface area contributed by atoms with Crippen molar-refractivity contribution < 1.29 is 54.1 Å². The third-order valence-electron chi connectivity index (χ3n) is 11.8. The van der Waals surface area contributed by atoms with Crippen LogP contribution in [0.3, 0.4) is 0 Å². The van der Waals surface area contributed by atoms with Gasteiger partial charge in [-0.25, -0.2) is 0 Å². The van der Waals surface area contributed by atoms with Crippen molar-refractivity contribution in [2.24, 2.45) is 4.99 Å². The van der Waals surface area contributed by atoms with E-state index >= 15 is 0 Å². The number of aromatic hydroxyl groups is 1. The van der Waals surface area contributed by atoms with Gasteiger partial charge in [-0.2, -0.15) is 4.99 Å². The van der Waals surface area contributed by atoms with Gasteiger partial charge in [-0.15, -0.1) is 0 Å². The van der Waals surface area contributed by atoms with Gasteiger partial charge in [0.05, 0.1) is 43.9 Å². The van der Waals surface area contributed by atoms with Crippen molar-refractivity contribution in [2.75, 3.05) is 40.5 Å². The number of Topliss-reactive ketones (excluding diaryl/α,β-unsaturated/α-hetero) is 1. The van der Waals surface area contributed by atoms with Crippen LogP contribution in [-0.2, 0) is 22.6 Å². The molecule has 1 saturated carbocycles. The molecule has 1 aliphatic carbocycles. The second-order valence-corrected chi connectivity index (χ2v) is 15.5. The summed E-state index contributed by atoms with van der Waals surface area (Å²) >= 11 is 0. The van der Waals surface area contributed by atoms with E-state index in [0.717, 1.165) is 54.0 Å². The van der Waals surface area contributed by atoms with Gasteiger partial charge in [-0.1, -0.05) is 31.0 Å². The molecule has 0 bridgehead atoms. The van der Waals surface area contributed by atoms with E-state index in [2.05, 4.69) is 10.3 Å². The molecule has 8 rings (SSSR count). The Morgan fingerprint density at radius 3 is 2.64 bits per heavy atom. The van der Waals surface area contributed by atoms with Crippen molar-refractivity contribution in [1.82, 2.24) is 10.2 Å². The maximum atomic E-state index is 14.3. The Labute approximate surface area is 335 Å². The topological polar surface area (TPSA) is 200 Å². The number of ketones is 1. The van der Waals surface area contributed by atoms with Crippen LogP contribution in [0.2, 0.25) is 0 Å². The third kappa shape index (κ3) is 7.19. The summed E-state index contributed by atoms with van der Waals surface area (Å²) in [5.74, 6) is -0.0948. The fourth-order valence-electron chi connectivity index (χ4n) is 8.67. The van der Waals surface area contributed by atoms with Gasteiger partial charge in [0, 0.05) is 36.3 Å². The highest BCUT2D eigenvalue weighted by Crippen LogP contribution is 2.47. The molecule has 0 spiro atoms. The molecule has 3 heterocycles. The summed E-state index contributed by atoms with van der Waals surface area (Å²) in [5, 5.41) is 60.3. The molecule has 0 aromatic heterocycles. The van der Waals surface area contributed by atoms with Crippen LogP contribution in [0.25, 0.3) is 10.8 Å². The number of hydrogen-bond acceptors (Lipinski definition) is 13. The molecule has 304 valence electrons. The normalized spacial score (nSPS) is 24.1. The monoisotopic (exact) mass is 794 g/mol. The summed E-state index contributed by atoms with van der Waals surface area (Å²) < 4.78 is 24.0. The number of aliphatic hydroxyl groups is 4. The number of methoxy groups -OCH3 is 1. The van der Waals surface area contributed by atoms with Crippen LogP contribution < -0.4 is 14.8 Å². The summed E-state index contributed by atoms with van der Waals surface area (Å²) in [6, 6.07) is 18.1. The molecule has 5 atom stereocenters. The second kappa shape index (κ2) is 16.3. The van der Waals surface area contributed by atoms with E-state index < -0.39 is 42.6 Å². The minimum absolute atomic E-state index is 0.0209. The van der Waals surface area contributed by atoms with E-state index in [1.165, 1.54) is 18.1 Å². The number of aliphatic hydroxyl groups excluding tert-OH is 3. The smallest absolute Gasteiger partial charge is 0.254 e. The first-order valence-electron chi connectivity index (χ1n) is 19.6. The third-order valence-corrected chi connectivity index (χ3v) is 11.8. The number of carbonyl (C=O) groups is 2. The summed E-state index contributed by atoms with van der Waals surface area (Å²) in [6.45, 7) is -0.551. The first-order valence-corrected chi connectivity index (χ1v) is 19.6. The van der Waals surface area contributed by atoms with Gasteiger partial charge in [0.1, 0.15) is 54.3 Å². The van der Waals surface area contributed by atoms with Crippen molar-refractivity contribution in [3.8, 4) is 17.2 Å². The van der Waals surface area contributed by atoms with Gasteiger partial charge in [0.15, 0.2) is 22.6 Å². The fourth-order valence-corrected chi connectivity index (χ4v) is 8.67. The molecule has 1 amide bonds. The molecule has 4 aliphatic rings. The van der Waals surface area contributed by atoms with Crippen molar-refractivity contribution in [2.45, 2.75) is 74.9 Å². The molecule has 4 aromatic rings. The molecule has 6 N–H and O–H groups in total. The molecular weight excluding hydrogens is 746 g/mol. The summed E-state index contributed by atoms with van der Waals surface area (Å²) in [5.41, 5.74) is 2.30. The number of amides is 1. The molecule has 3 aliphatic heterocycles.